The fourth-order valence-electron chi connectivity index (χ4n) is 2.30. The number of halogens is 2. The van der Waals surface area contributed by atoms with Crippen LogP contribution in [0, 0.1) is 0 Å². The molecule has 1 unspecified atom stereocenters. The highest BCUT2D eigenvalue weighted by molar-refractivity contribution is 5.81. The first-order valence-electron chi connectivity index (χ1n) is 6.86. The molecule has 2 rings (SSSR count). The summed E-state index contributed by atoms with van der Waals surface area (Å²) in [4.78, 5) is 24.7. The van der Waals surface area contributed by atoms with E-state index in [0.29, 0.717) is 0 Å². The van der Waals surface area contributed by atoms with E-state index < -0.39 is 36.9 Å². The number of hydrogen-bond acceptors (Lipinski definition) is 4. The summed E-state index contributed by atoms with van der Waals surface area (Å²) in [6, 6.07) is 7.64. The molecule has 0 spiro atoms. The maximum absolute atomic E-state index is 13.5. The summed E-state index contributed by atoms with van der Waals surface area (Å²) in [5.74, 6) is -3.86. The van der Waals surface area contributed by atoms with Gasteiger partial charge in [-0.2, -0.15) is 0 Å². The van der Waals surface area contributed by atoms with Gasteiger partial charge in [0.05, 0.1) is 7.11 Å². The number of carbonyl (C=O) groups excluding carboxylic acids is 2. The number of alkyl halides is 2. The Morgan fingerprint density at radius 3 is 2.64 bits per heavy atom. The van der Waals surface area contributed by atoms with E-state index in [1.807, 2.05) is 6.07 Å². The minimum atomic E-state index is -2.99. The van der Waals surface area contributed by atoms with Crippen molar-refractivity contribution >= 4 is 12.1 Å². The summed E-state index contributed by atoms with van der Waals surface area (Å²) < 4.78 is 36.5. The van der Waals surface area contributed by atoms with Crippen molar-refractivity contribution in [3.63, 3.8) is 0 Å². The number of benzene rings is 1. The molecule has 1 saturated heterocycles. The van der Waals surface area contributed by atoms with Gasteiger partial charge in [-0.15, -0.1) is 0 Å². The number of piperidine rings is 1. The lowest BCUT2D eigenvalue weighted by Gasteiger charge is -2.36. The molecule has 1 aromatic carbocycles. The molecule has 1 atom stereocenters. The first-order valence-corrected chi connectivity index (χ1v) is 6.86. The quantitative estimate of drug-likeness (QED) is 0.805. The molecule has 7 heteroatoms. The molecule has 5 nitrogen and oxygen atoms in total. The van der Waals surface area contributed by atoms with Crippen LogP contribution in [0.2, 0.25) is 0 Å². The summed E-state index contributed by atoms with van der Waals surface area (Å²) in [5, 5.41) is 0. The predicted molar refractivity (Wildman–Crippen MR) is 73.3 cm³/mol. The van der Waals surface area contributed by atoms with Gasteiger partial charge in [0, 0.05) is 19.4 Å². The van der Waals surface area contributed by atoms with Gasteiger partial charge in [0.15, 0.2) is 0 Å². The Bertz CT molecular complexity index is 536. The van der Waals surface area contributed by atoms with Gasteiger partial charge in [-0.25, -0.2) is 18.4 Å². The van der Waals surface area contributed by atoms with Gasteiger partial charge in [-0.1, -0.05) is 30.3 Å². The Morgan fingerprint density at radius 2 is 2.00 bits per heavy atom. The normalized spacial score (nSPS) is 20.3. The average Bonchev–Trinajstić information content (AvgIpc) is 2.52. The van der Waals surface area contributed by atoms with Crippen LogP contribution >= 0.6 is 0 Å². The number of nitrogens with zero attached hydrogens (tertiary/aromatic N) is 1. The number of esters is 1. The third-order valence-corrected chi connectivity index (χ3v) is 3.50. The molecule has 1 aliphatic heterocycles. The molecule has 0 N–H and O–H groups in total. The zero-order valence-corrected chi connectivity index (χ0v) is 12.1. The third-order valence-electron chi connectivity index (χ3n) is 3.50. The van der Waals surface area contributed by atoms with Crippen LogP contribution in [0.4, 0.5) is 13.6 Å². The lowest BCUT2D eigenvalue weighted by molar-refractivity contribution is -0.155. The molecule has 1 aliphatic rings. The topological polar surface area (TPSA) is 55.8 Å². The minimum Gasteiger partial charge on any atom is -0.467 e. The smallest absolute Gasteiger partial charge is 0.410 e. The van der Waals surface area contributed by atoms with Crippen LogP contribution in [0.5, 0.6) is 0 Å². The Kier molecular flexibility index (Phi) is 4.95. The molecular formula is C15H17F2NO4. The van der Waals surface area contributed by atoms with Crippen molar-refractivity contribution < 1.29 is 27.8 Å². The van der Waals surface area contributed by atoms with Crippen molar-refractivity contribution in [3.8, 4) is 0 Å². The monoisotopic (exact) mass is 313 g/mol. The highest BCUT2D eigenvalue weighted by Gasteiger charge is 2.46. The molecule has 0 radical (unpaired) electrons. The fraction of sp³-hybridized carbons (Fsp3) is 0.467. The van der Waals surface area contributed by atoms with E-state index in [4.69, 9.17) is 4.74 Å². The second kappa shape index (κ2) is 6.72. The maximum Gasteiger partial charge on any atom is 0.410 e. The first-order chi connectivity index (χ1) is 10.4. The third kappa shape index (κ3) is 3.93. The van der Waals surface area contributed by atoms with Gasteiger partial charge in [-0.05, 0) is 5.56 Å². The number of ether oxygens (including phenoxy) is 2. The molecule has 0 aliphatic carbocycles. The fourth-order valence-corrected chi connectivity index (χ4v) is 2.30. The van der Waals surface area contributed by atoms with Crippen molar-refractivity contribution in [3.05, 3.63) is 35.9 Å². The molecule has 120 valence electrons. The summed E-state index contributed by atoms with van der Waals surface area (Å²) >= 11 is 0. The summed E-state index contributed by atoms with van der Waals surface area (Å²) in [6.07, 6.45) is -2.05. The number of hydrogen-bond donors (Lipinski definition) is 0. The van der Waals surface area contributed by atoms with Crippen LogP contribution in [0.3, 0.4) is 0 Å². The van der Waals surface area contributed by atoms with E-state index in [2.05, 4.69) is 4.74 Å². The summed E-state index contributed by atoms with van der Waals surface area (Å²) in [7, 11) is 1.10. The second-order valence-corrected chi connectivity index (χ2v) is 5.08. The lowest BCUT2D eigenvalue weighted by atomic mass is 9.99. The maximum atomic E-state index is 13.5. The molecule has 22 heavy (non-hydrogen) atoms. The number of amides is 1. The first kappa shape index (κ1) is 16.2. The van der Waals surface area contributed by atoms with Gasteiger partial charge >= 0.3 is 12.1 Å². The predicted octanol–water partition coefficient (Wildman–Crippen LogP) is 2.60. The van der Waals surface area contributed by atoms with Gasteiger partial charge in [-0.3, -0.25) is 4.90 Å². The van der Waals surface area contributed by atoms with Crippen molar-refractivity contribution in [1.29, 1.82) is 0 Å². The SMILES string of the molecule is COC(=O)C1CC(F)(F)CCN1C(=O)OCc1ccccc1. The Hall–Kier alpha value is -2.18. The molecule has 0 saturated carbocycles. The van der Waals surface area contributed by atoms with Gasteiger partial charge in [0.1, 0.15) is 12.6 Å². The van der Waals surface area contributed by atoms with Crippen LogP contribution in [0.1, 0.15) is 18.4 Å². The standard InChI is InChI=1S/C15H17F2NO4/c1-21-13(19)12-9-15(16,17)7-8-18(12)14(20)22-10-11-5-3-2-4-6-11/h2-6,12H,7-10H2,1H3. The molecule has 0 bridgehead atoms. The van der Waals surface area contributed by atoms with E-state index >= 15 is 0 Å². The summed E-state index contributed by atoms with van der Waals surface area (Å²) in [6.45, 7) is -0.235. The highest BCUT2D eigenvalue weighted by atomic mass is 19.3. The van der Waals surface area contributed by atoms with Crippen molar-refractivity contribution in [1.82, 2.24) is 4.90 Å². The number of rotatable bonds is 3. The minimum absolute atomic E-state index is 0.0143. The van der Waals surface area contributed by atoms with Crippen LogP contribution in [0.15, 0.2) is 30.3 Å². The van der Waals surface area contributed by atoms with Crippen LogP contribution in [0.25, 0.3) is 0 Å². The number of methoxy groups -OCH3 is 1. The molecule has 1 amide bonds. The van der Waals surface area contributed by atoms with Crippen LogP contribution in [-0.4, -0.2) is 42.6 Å². The van der Waals surface area contributed by atoms with E-state index in [1.54, 1.807) is 24.3 Å². The van der Waals surface area contributed by atoms with E-state index in [-0.39, 0.29) is 13.2 Å². The van der Waals surface area contributed by atoms with E-state index in [9.17, 15) is 18.4 Å². The summed E-state index contributed by atoms with van der Waals surface area (Å²) in [5.41, 5.74) is 0.771. The van der Waals surface area contributed by atoms with Crippen molar-refractivity contribution in [2.45, 2.75) is 31.4 Å². The zero-order chi connectivity index (χ0) is 16.2. The van der Waals surface area contributed by atoms with Gasteiger partial charge in [0.25, 0.3) is 5.92 Å². The molecule has 1 aromatic rings. The Balaban J connectivity index is 2.01. The highest BCUT2D eigenvalue weighted by Crippen LogP contribution is 2.32. The molecule has 1 fully saturated rings. The van der Waals surface area contributed by atoms with E-state index in [0.717, 1.165) is 17.6 Å². The van der Waals surface area contributed by atoms with E-state index in [1.165, 1.54) is 0 Å². The van der Waals surface area contributed by atoms with Crippen molar-refractivity contribution in [2.75, 3.05) is 13.7 Å². The van der Waals surface area contributed by atoms with Crippen LogP contribution in [-0.2, 0) is 20.9 Å². The second-order valence-electron chi connectivity index (χ2n) is 5.08. The number of carbonyl (C=O) groups is 2. The number of likely N-dealkylation sites (tertiary alicyclic amines) is 1. The Morgan fingerprint density at radius 1 is 1.32 bits per heavy atom. The molecule has 1 heterocycles. The van der Waals surface area contributed by atoms with Crippen LogP contribution < -0.4 is 0 Å². The average molecular weight is 313 g/mol. The molecular weight excluding hydrogens is 296 g/mol. The largest absolute Gasteiger partial charge is 0.467 e. The Labute approximate surface area is 126 Å². The lowest BCUT2D eigenvalue weighted by Crippen LogP contribution is -2.53. The van der Waals surface area contributed by atoms with Crippen molar-refractivity contribution in [2.24, 2.45) is 0 Å². The zero-order valence-electron chi connectivity index (χ0n) is 12.1. The van der Waals surface area contributed by atoms with Gasteiger partial charge < -0.3 is 9.47 Å². The van der Waals surface area contributed by atoms with Gasteiger partial charge in [0.2, 0.25) is 0 Å². The molecule has 0 aromatic heterocycles.